The van der Waals surface area contributed by atoms with E-state index in [1.54, 1.807) is 12.4 Å². The van der Waals surface area contributed by atoms with Gasteiger partial charge >= 0.3 is 5.97 Å². The van der Waals surface area contributed by atoms with E-state index < -0.39 is 16.0 Å². The second-order valence-corrected chi connectivity index (χ2v) is 8.06. The molecule has 0 spiro atoms. The molecule has 2 rings (SSSR count). The number of rotatable bonds is 7. The first-order valence-corrected chi connectivity index (χ1v) is 9.42. The van der Waals surface area contributed by atoms with Gasteiger partial charge < -0.3 is 4.74 Å². The number of ether oxygens (including phenoxy) is 1. The number of pyridine rings is 1. The average molecular weight is 383 g/mol. The summed E-state index contributed by atoms with van der Waals surface area (Å²) in [7, 11) is -0.942. The lowest BCUT2D eigenvalue weighted by Crippen LogP contribution is -2.23. The van der Waals surface area contributed by atoms with Gasteiger partial charge in [0.2, 0.25) is 10.0 Å². The van der Waals surface area contributed by atoms with Gasteiger partial charge in [-0.2, -0.15) is 0 Å². The highest BCUT2D eigenvalue weighted by Gasteiger charge is 2.22. The first-order chi connectivity index (χ1) is 11.8. The van der Waals surface area contributed by atoms with E-state index in [0.29, 0.717) is 6.42 Å². The van der Waals surface area contributed by atoms with Gasteiger partial charge in [0.25, 0.3) is 0 Å². The Kier molecular flexibility index (Phi) is 6.52. The van der Waals surface area contributed by atoms with Crippen LogP contribution in [0.4, 0.5) is 0 Å². The minimum Gasteiger partial charge on any atom is -0.462 e. The molecule has 0 aliphatic heterocycles. The monoisotopic (exact) mass is 382 g/mol. The number of aryl methyl sites for hydroxylation is 1. The Labute approximate surface area is 152 Å². The number of hydrogen-bond acceptors (Lipinski definition) is 5. The molecule has 0 atom stereocenters. The maximum atomic E-state index is 12.2. The zero-order valence-corrected chi connectivity index (χ0v) is 15.5. The van der Waals surface area contributed by atoms with E-state index in [1.165, 1.54) is 32.3 Å². The topological polar surface area (TPSA) is 76.6 Å². The lowest BCUT2D eigenvalue weighted by atomic mass is 10.2. The van der Waals surface area contributed by atoms with Crippen LogP contribution in [0.5, 0.6) is 0 Å². The number of carbonyl (C=O) groups is 1. The van der Waals surface area contributed by atoms with Gasteiger partial charge in [-0.05, 0) is 42.7 Å². The highest BCUT2D eigenvalue weighted by atomic mass is 35.5. The van der Waals surface area contributed by atoms with Gasteiger partial charge in [0.1, 0.15) is 4.90 Å². The number of hydrogen-bond donors (Lipinski definition) is 0. The van der Waals surface area contributed by atoms with Crippen LogP contribution >= 0.6 is 11.6 Å². The fourth-order valence-electron chi connectivity index (χ4n) is 2.10. The van der Waals surface area contributed by atoms with Crippen LogP contribution in [0.15, 0.2) is 47.6 Å². The molecule has 0 amide bonds. The molecule has 0 fully saturated rings. The minimum atomic E-state index is -3.74. The third kappa shape index (κ3) is 5.01. The van der Waals surface area contributed by atoms with Gasteiger partial charge in [0.15, 0.2) is 0 Å². The minimum absolute atomic E-state index is 0.0572. The number of sulfonamides is 1. The molecular formula is C17H19ClN2O4S. The van der Waals surface area contributed by atoms with Gasteiger partial charge in [0, 0.05) is 26.5 Å². The number of halogens is 1. The van der Waals surface area contributed by atoms with E-state index in [1.807, 2.05) is 12.1 Å². The Morgan fingerprint density at radius 3 is 2.68 bits per heavy atom. The van der Waals surface area contributed by atoms with Crippen molar-refractivity contribution >= 4 is 27.6 Å². The Morgan fingerprint density at radius 1 is 1.28 bits per heavy atom. The largest absolute Gasteiger partial charge is 0.462 e. The SMILES string of the molecule is CN(C)S(=O)(=O)c1cc(C(=O)OCCCc2cccnc2)ccc1Cl. The molecule has 0 radical (unpaired) electrons. The lowest BCUT2D eigenvalue weighted by molar-refractivity contribution is 0.0500. The van der Waals surface area contributed by atoms with Crippen molar-refractivity contribution in [3.63, 3.8) is 0 Å². The van der Waals surface area contributed by atoms with Crippen LogP contribution in [0.25, 0.3) is 0 Å². The van der Waals surface area contributed by atoms with Crippen LogP contribution in [0.1, 0.15) is 22.3 Å². The Bertz CT molecular complexity index is 839. The van der Waals surface area contributed by atoms with Crippen LogP contribution in [0.3, 0.4) is 0 Å². The van der Waals surface area contributed by atoms with E-state index in [-0.39, 0.29) is 22.1 Å². The molecule has 2 aromatic rings. The fourth-order valence-corrected chi connectivity index (χ4v) is 3.49. The third-order valence-corrected chi connectivity index (χ3v) is 5.79. The van der Waals surface area contributed by atoms with Crippen molar-refractivity contribution in [3.8, 4) is 0 Å². The number of carbonyl (C=O) groups excluding carboxylic acids is 1. The van der Waals surface area contributed by atoms with E-state index >= 15 is 0 Å². The smallest absolute Gasteiger partial charge is 0.338 e. The molecule has 0 N–H and O–H groups in total. The summed E-state index contributed by atoms with van der Waals surface area (Å²) in [6, 6.07) is 7.86. The van der Waals surface area contributed by atoms with Gasteiger partial charge in [-0.1, -0.05) is 17.7 Å². The van der Waals surface area contributed by atoms with Crippen molar-refractivity contribution in [3.05, 3.63) is 58.9 Å². The standard InChI is InChI=1S/C17H19ClN2O4S/c1-20(2)25(22,23)16-11-14(7-8-15(16)18)17(21)24-10-4-6-13-5-3-9-19-12-13/h3,5,7-9,11-12H,4,6,10H2,1-2H3. The summed E-state index contributed by atoms with van der Waals surface area (Å²) in [6.07, 6.45) is 4.85. The van der Waals surface area contributed by atoms with E-state index in [0.717, 1.165) is 16.3 Å². The van der Waals surface area contributed by atoms with Gasteiger partial charge in [-0.15, -0.1) is 0 Å². The predicted molar refractivity (Wildman–Crippen MR) is 95.2 cm³/mol. The zero-order chi connectivity index (χ0) is 18.4. The van der Waals surface area contributed by atoms with Crippen molar-refractivity contribution in [1.29, 1.82) is 0 Å². The summed E-state index contributed by atoms with van der Waals surface area (Å²) in [5.41, 5.74) is 1.20. The predicted octanol–water partition coefficient (Wildman–Crippen LogP) is 2.77. The first-order valence-electron chi connectivity index (χ1n) is 7.60. The quantitative estimate of drug-likeness (QED) is 0.543. The lowest BCUT2D eigenvalue weighted by Gasteiger charge is -2.13. The van der Waals surface area contributed by atoms with Crippen molar-refractivity contribution in [2.75, 3.05) is 20.7 Å². The highest BCUT2D eigenvalue weighted by Crippen LogP contribution is 2.25. The summed E-state index contributed by atoms with van der Waals surface area (Å²) in [4.78, 5) is 16.0. The molecule has 1 aromatic carbocycles. The summed E-state index contributed by atoms with van der Waals surface area (Å²) in [6.45, 7) is 0.228. The molecular weight excluding hydrogens is 364 g/mol. The number of aromatic nitrogens is 1. The van der Waals surface area contributed by atoms with Crippen LogP contribution in [-0.4, -0.2) is 44.4 Å². The Balaban J connectivity index is 2.00. The van der Waals surface area contributed by atoms with Crippen LogP contribution < -0.4 is 0 Å². The van der Waals surface area contributed by atoms with Crippen molar-refractivity contribution in [2.45, 2.75) is 17.7 Å². The fraction of sp³-hybridized carbons (Fsp3) is 0.294. The first kappa shape index (κ1) is 19.4. The molecule has 0 aliphatic carbocycles. The molecule has 0 saturated carbocycles. The maximum Gasteiger partial charge on any atom is 0.338 e. The zero-order valence-electron chi connectivity index (χ0n) is 14.0. The van der Waals surface area contributed by atoms with E-state index in [2.05, 4.69) is 4.98 Å². The summed E-state index contributed by atoms with van der Waals surface area (Å²) < 4.78 is 30.7. The number of esters is 1. The number of nitrogens with zero attached hydrogens (tertiary/aromatic N) is 2. The van der Waals surface area contributed by atoms with Crippen LogP contribution in [0, 0.1) is 0 Å². The Morgan fingerprint density at radius 2 is 2.04 bits per heavy atom. The van der Waals surface area contributed by atoms with Gasteiger partial charge in [0.05, 0.1) is 17.2 Å². The van der Waals surface area contributed by atoms with Crippen molar-refractivity contribution in [2.24, 2.45) is 0 Å². The summed E-state index contributed by atoms with van der Waals surface area (Å²) in [5, 5.41) is 0.0572. The molecule has 1 heterocycles. The van der Waals surface area contributed by atoms with Crippen LogP contribution in [-0.2, 0) is 21.2 Å². The van der Waals surface area contributed by atoms with Crippen molar-refractivity contribution in [1.82, 2.24) is 9.29 Å². The Hall–Kier alpha value is -1.96. The second kappa shape index (κ2) is 8.42. The molecule has 0 saturated heterocycles. The molecule has 0 bridgehead atoms. The highest BCUT2D eigenvalue weighted by molar-refractivity contribution is 7.89. The van der Waals surface area contributed by atoms with Crippen LogP contribution in [0.2, 0.25) is 5.02 Å². The average Bonchev–Trinajstić information content (AvgIpc) is 2.59. The molecule has 134 valence electrons. The molecule has 6 nitrogen and oxygen atoms in total. The molecule has 1 aromatic heterocycles. The summed E-state index contributed by atoms with van der Waals surface area (Å²) >= 11 is 5.96. The molecule has 0 aliphatic rings. The number of benzene rings is 1. The van der Waals surface area contributed by atoms with Gasteiger partial charge in [-0.25, -0.2) is 17.5 Å². The molecule has 8 heteroatoms. The maximum absolute atomic E-state index is 12.2. The van der Waals surface area contributed by atoms with E-state index in [4.69, 9.17) is 16.3 Å². The molecule has 0 unspecified atom stereocenters. The van der Waals surface area contributed by atoms with Gasteiger partial charge in [-0.3, -0.25) is 4.98 Å². The normalized spacial score (nSPS) is 11.5. The van der Waals surface area contributed by atoms with E-state index in [9.17, 15) is 13.2 Å². The second-order valence-electron chi connectivity index (χ2n) is 5.53. The van der Waals surface area contributed by atoms with Crippen molar-refractivity contribution < 1.29 is 17.9 Å². The molecule has 25 heavy (non-hydrogen) atoms. The summed E-state index contributed by atoms with van der Waals surface area (Å²) in [5.74, 6) is -0.585. The third-order valence-electron chi connectivity index (χ3n) is 3.49.